The Balaban J connectivity index is 1.72. The number of rotatable bonds is 2. The van der Waals surface area contributed by atoms with Gasteiger partial charge in [0.2, 0.25) is 0 Å². The molecule has 0 radical (unpaired) electrons. The zero-order valence-electron chi connectivity index (χ0n) is 12.3. The summed E-state index contributed by atoms with van der Waals surface area (Å²) in [4.78, 5) is 14.0. The molecule has 0 saturated heterocycles. The highest BCUT2D eigenvalue weighted by Crippen LogP contribution is 2.32. The van der Waals surface area contributed by atoms with Gasteiger partial charge >= 0.3 is 0 Å². The molecule has 0 fully saturated rings. The molecule has 5 heteroatoms. The molecule has 0 saturated carbocycles. The van der Waals surface area contributed by atoms with Crippen LogP contribution < -0.4 is 5.43 Å². The quantitative estimate of drug-likeness (QED) is 0.782. The third kappa shape index (κ3) is 2.41. The number of fused-ring (bicyclic) bond motifs is 3. The van der Waals surface area contributed by atoms with E-state index in [0.29, 0.717) is 10.6 Å². The Morgan fingerprint density at radius 1 is 1.04 bits per heavy atom. The van der Waals surface area contributed by atoms with Crippen molar-refractivity contribution in [3.05, 3.63) is 76.4 Å². The van der Waals surface area contributed by atoms with Gasteiger partial charge in [-0.1, -0.05) is 48.0 Å². The van der Waals surface area contributed by atoms with E-state index in [1.165, 1.54) is 5.56 Å². The number of aryl methyl sites for hydroxylation is 2. The van der Waals surface area contributed by atoms with Crippen LogP contribution in [0, 0.1) is 0 Å². The molecule has 0 bridgehead atoms. The average Bonchev–Trinajstić information content (AvgIpc) is 2.98. The van der Waals surface area contributed by atoms with Crippen LogP contribution in [0.4, 0.5) is 0 Å². The lowest BCUT2D eigenvalue weighted by atomic mass is 9.90. The van der Waals surface area contributed by atoms with E-state index in [-0.39, 0.29) is 5.91 Å². The van der Waals surface area contributed by atoms with Crippen LogP contribution >= 0.6 is 11.6 Å². The van der Waals surface area contributed by atoms with Crippen LogP contribution in [0.15, 0.2) is 54.7 Å². The van der Waals surface area contributed by atoms with Crippen LogP contribution in [0.1, 0.15) is 21.5 Å². The van der Waals surface area contributed by atoms with E-state index in [2.05, 4.69) is 22.7 Å². The number of benzene rings is 2. The van der Waals surface area contributed by atoms with Crippen molar-refractivity contribution in [3.8, 4) is 11.3 Å². The standard InChI is InChI=1S/C18H14ClN3O/c19-16-8-4-3-7-15(16)18(23)21-22-17-13(11-20-22)10-9-12-5-1-2-6-14(12)17/h1-8,11H,9-10H2,(H,21,23). The van der Waals surface area contributed by atoms with Crippen LogP contribution in [0.3, 0.4) is 0 Å². The molecule has 1 aliphatic rings. The van der Waals surface area contributed by atoms with Crippen LogP contribution in [0.2, 0.25) is 5.02 Å². The first-order valence-electron chi connectivity index (χ1n) is 7.45. The molecule has 0 atom stereocenters. The molecule has 4 nitrogen and oxygen atoms in total. The molecule has 0 spiro atoms. The molecular weight excluding hydrogens is 310 g/mol. The highest BCUT2D eigenvalue weighted by molar-refractivity contribution is 6.34. The normalized spacial score (nSPS) is 12.4. The molecule has 4 rings (SSSR count). The first-order valence-corrected chi connectivity index (χ1v) is 7.83. The maximum absolute atomic E-state index is 12.5. The summed E-state index contributed by atoms with van der Waals surface area (Å²) >= 11 is 6.09. The molecule has 114 valence electrons. The molecule has 1 heterocycles. The fourth-order valence-corrected chi connectivity index (χ4v) is 3.20. The van der Waals surface area contributed by atoms with Gasteiger partial charge in [0.1, 0.15) is 0 Å². The van der Waals surface area contributed by atoms with Gasteiger partial charge in [0.25, 0.3) is 5.91 Å². The van der Waals surface area contributed by atoms with Crippen molar-refractivity contribution in [3.63, 3.8) is 0 Å². The fourth-order valence-electron chi connectivity index (χ4n) is 2.98. The minimum absolute atomic E-state index is 0.274. The van der Waals surface area contributed by atoms with Crippen molar-refractivity contribution in [1.29, 1.82) is 0 Å². The zero-order valence-corrected chi connectivity index (χ0v) is 13.0. The van der Waals surface area contributed by atoms with Gasteiger partial charge in [-0.15, -0.1) is 0 Å². The van der Waals surface area contributed by atoms with Crippen LogP contribution in [0.5, 0.6) is 0 Å². The van der Waals surface area contributed by atoms with Crippen LogP contribution in [-0.2, 0) is 12.8 Å². The average molecular weight is 324 g/mol. The van der Waals surface area contributed by atoms with Gasteiger partial charge in [0.05, 0.1) is 22.5 Å². The summed E-state index contributed by atoms with van der Waals surface area (Å²) in [5, 5.41) is 4.76. The van der Waals surface area contributed by atoms with E-state index in [4.69, 9.17) is 11.6 Å². The number of hydrogen-bond donors (Lipinski definition) is 1. The van der Waals surface area contributed by atoms with E-state index in [1.807, 2.05) is 18.3 Å². The van der Waals surface area contributed by atoms with Crippen molar-refractivity contribution >= 4 is 17.5 Å². The highest BCUT2D eigenvalue weighted by Gasteiger charge is 2.22. The Labute approximate surface area is 138 Å². The molecule has 2 aromatic carbocycles. The van der Waals surface area contributed by atoms with Gasteiger partial charge < -0.3 is 0 Å². The van der Waals surface area contributed by atoms with Crippen molar-refractivity contribution in [2.24, 2.45) is 0 Å². The van der Waals surface area contributed by atoms with Crippen molar-refractivity contribution in [2.75, 3.05) is 5.43 Å². The second kappa shape index (κ2) is 5.56. The number of nitrogens with zero attached hydrogens (tertiary/aromatic N) is 2. The predicted molar refractivity (Wildman–Crippen MR) is 90.2 cm³/mol. The van der Waals surface area contributed by atoms with Crippen molar-refractivity contribution in [1.82, 2.24) is 9.89 Å². The Bertz CT molecular complexity index is 901. The van der Waals surface area contributed by atoms with Gasteiger partial charge in [0, 0.05) is 11.1 Å². The Morgan fingerprint density at radius 2 is 1.78 bits per heavy atom. The summed E-state index contributed by atoms with van der Waals surface area (Å²) in [7, 11) is 0. The number of carbonyl (C=O) groups excluding carboxylic acids is 1. The number of nitrogens with one attached hydrogen (secondary N) is 1. The van der Waals surface area contributed by atoms with E-state index in [9.17, 15) is 4.79 Å². The molecule has 1 amide bonds. The van der Waals surface area contributed by atoms with Gasteiger partial charge in [-0.2, -0.15) is 9.89 Å². The largest absolute Gasteiger partial charge is 0.272 e. The lowest BCUT2D eigenvalue weighted by molar-refractivity contribution is 0.101. The highest BCUT2D eigenvalue weighted by atomic mass is 35.5. The minimum Gasteiger partial charge on any atom is -0.267 e. The van der Waals surface area contributed by atoms with Gasteiger partial charge in [-0.05, 0) is 30.5 Å². The number of amides is 1. The first kappa shape index (κ1) is 14.0. The second-order valence-corrected chi connectivity index (χ2v) is 5.92. The summed E-state index contributed by atoms with van der Waals surface area (Å²) in [6.07, 6.45) is 3.74. The molecule has 1 aromatic heterocycles. The number of aromatic nitrogens is 2. The van der Waals surface area contributed by atoms with E-state index in [0.717, 1.165) is 29.7 Å². The smallest absolute Gasteiger partial charge is 0.267 e. The van der Waals surface area contributed by atoms with Gasteiger partial charge in [-0.25, -0.2) is 5.43 Å². The molecule has 1 N–H and O–H groups in total. The lowest BCUT2D eigenvalue weighted by Crippen LogP contribution is -2.25. The summed E-state index contributed by atoms with van der Waals surface area (Å²) in [5.74, 6) is -0.274. The summed E-state index contributed by atoms with van der Waals surface area (Å²) in [5.41, 5.74) is 7.74. The molecule has 3 aromatic rings. The zero-order chi connectivity index (χ0) is 15.8. The van der Waals surface area contributed by atoms with Gasteiger partial charge in [0.15, 0.2) is 0 Å². The van der Waals surface area contributed by atoms with E-state index >= 15 is 0 Å². The second-order valence-electron chi connectivity index (χ2n) is 5.51. The number of hydrogen-bond acceptors (Lipinski definition) is 2. The number of carbonyl (C=O) groups is 1. The SMILES string of the molecule is O=C(Nn1ncc2c1-c1ccccc1CC2)c1ccccc1Cl. The topological polar surface area (TPSA) is 46.9 Å². The summed E-state index contributed by atoms with van der Waals surface area (Å²) in [6, 6.07) is 15.2. The van der Waals surface area contributed by atoms with Gasteiger partial charge in [-0.3, -0.25) is 4.79 Å². The predicted octanol–water partition coefficient (Wildman–Crippen LogP) is 3.69. The van der Waals surface area contributed by atoms with Crippen molar-refractivity contribution in [2.45, 2.75) is 12.8 Å². The molecule has 0 unspecified atom stereocenters. The molecule has 1 aliphatic carbocycles. The molecule has 23 heavy (non-hydrogen) atoms. The third-order valence-corrected chi connectivity index (χ3v) is 4.44. The van der Waals surface area contributed by atoms with Crippen LogP contribution in [-0.4, -0.2) is 15.8 Å². The molecular formula is C18H14ClN3O. The Morgan fingerprint density at radius 3 is 2.65 bits per heavy atom. The van der Waals surface area contributed by atoms with E-state index in [1.54, 1.807) is 29.1 Å². The summed E-state index contributed by atoms with van der Waals surface area (Å²) < 4.78 is 0. The maximum atomic E-state index is 12.5. The van der Waals surface area contributed by atoms with E-state index < -0.39 is 0 Å². The van der Waals surface area contributed by atoms with Crippen molar-refractivity contribution < 1.29 is 4.79 Å². The Kier molecular flexibility index (Phi) is 3.39. The Hall–Kier alpha value is -2.59. The third-order valence-electron chi connectivity index (χ3n) is 4.11. The van der Waals surface area contributed by atoms with Crippen LogP contribution in [0.25, 0.3) is 11.3 Å². The molecule has 0 aliphatic heterocycles. The number of halogens is 1. The minimum atomic E-state index is -0.274. The monoisotopic (exact) mass is 323 g/mol. The fraction of sp³-hybridized carbons (Fsp3) is 0.111. The maximum Gasteiger partial charge on any atom is 0.272 e. The summed E-state index contributed by atoms with van der Waals surface area (Å²) in [6.45, 7) is 0. The first-order chi connectivity index (χ1) is 11.2. The lowest BCUT2D eigenvalue weighted by Gasteiger charge is -2.18.